The molecule has 0 aliphatic carbocycles. The lowest BCUT2D eigenvalue weighted by atomic mass is 10.1. The fourth-order valence-electron chi connectivity index (χ4n) is 2.15. The number of sulfone groups is 1. The molecule has 0 aromatic carbocycles. The molecule has 0 spiro atoms. The highest BCUT2D eigenvalue weighted by atomic mass is 32.2. The van der Waals surface area contributed by atoms with Crippen molar-refractivity contribution in [3.05, 3.63) is 16.2 Å². The molecule has 18 heavy (non-hydrogen) atoms. The quantitative estimate of drug-likeness (QED) is 0.616. The number of nitrogens with one attached hydrogen (secondary N) is 2. The molecular weight excluding hydrogens is 258 g/mol. The first-order valence-electron chi connectivity index (χ1n) is 5.40. The van der Waals surface area contributed by atoms with Crippen molar-refractivity contribution in [2.75, 3.05) is 17.2 Å². The molecule has 3 heterocycles. The molecule has 1 saturated heterocycles. The fourth-order valence-corrected chi connectivity index (χ4v) is 3.89. The molecule has 1 aliphatic rings. The van der Waals surface area contributed by atoms with Crippen LogP contribution in [0.25, 0.3) is 11.2 Å². The SMILES string of the molecule is Nc1nc2nc(C3CCS(=O)(=O)C3)[nH]c2c(=O)[nH]1. The van der Waals surface area contributed by atoms with E-state index in [0.717, 1.165) is 0 Å². The highest BCUT2D eigenvalue weighted by Gasteiger charge is 2.31. The Morgan fingerprint density at radius 3 is 2.72 bits per heavy atom. The maximum absolute atomic E-state index is 11.6. The number of nitrogen functional groups attached to an aromatic ring is 1. The molecule has 0 bridgehead atoms. The van der Waals surface area contributed by atoms with Crippen LogP contribution in [0.1, 0.15) is 18.2 Å². The predicted octanol–water partition coefficient (Wildman–Crippen LogP) is -0.869. The molecular formula is C9H11N5O3S. The molecule has 0 radical (unpaired) electrons. The van der Waals surface area contributed by atoms with Crippen LogP contribution in [-0.2, 0) is 9.84 Å². The third-order valence-corrected chi connectivity index (χ3v) is 4.79. The number of aromatic amines is 2. The second kappa shape index (κ2) is 3.55. The Hall–Kier alpha value is -1.90. The minimum absolute atomic E-state index is 0.00964. The van der Waals surface area contributed by atoms with Gasteiger partial charge in [0.25, 0.3) is 5.56 Å². The van der Waals surface area contributed by atoms with Gasteiger partial charge in [-0.3, -0.25) is 9.78 Å². The number of aromatic nitrogens is 4. The first kappa shape index (κ1) is 11.2. The van der Waals surface area contributed by atoms with Crippen LogP contribution in [0.3, 0.4) is 0 Å². The van der Waals surface area contributed by atoms with Gasteiger partial charge in [0.1, 0.15) is 5.82 Å². The second-order valence-electron chi connectivity index (χ2n) is 4.37. The number of nitrogens with two attached hydrogens (primary N) is 1. The molecule has 9 heteroatoms. The van der Waals surface area contributed by atoms with E-state index in [1.54, 1.807) is 0 Å². The molecule has 1 atom stereocenters. The second-order valence-corrected chi connectivity index (χ2v) is 6.60. The van der Waals surface area contributed by atoms with Gasteiger partial charge in [0.05, 0.1) is 11.5 Å². The van der Waals surface area contributed by atoms with Crippen molar-refractivity contribution >= 4 is 26.9 Å². The number of H-pyrrole nitrogens is 2. The van der Waals surface area contributed by atoms with Gasteiger partial charge in [0, 0.05) is 5.92 Å². The maximum Gasteiger partial charge on any atom is 0.278 e. The van der Waals surface area contributed by atoms with Crippen LogP contribution in [0.15, 0.2) is 4.79 Å². The number of fused-ring (bicyclic) bond motifs is 1. The molecule has 2 aromatic rings. The van der Waals surface area contributed by atoms with Gasteiger partial charge >= 0.3 is 0 Å². The van der Waals surface area contributed by atoms with Gasteiger partial charge in [0.2, 0.25) is 5.95 Å². The van der Waals surface area contributed by atoms with E-state index < -0.39 is 15.4 Å². The van der Waals surface area contributed by atoms with Gasteiger partial charge in [-0.05, 0) is 6.42 Å². The summed E-state index contributed by atoms with van der Waals surface area (Å²) in [6, 6.07) is 0. The van der Waals surface area contributed by atoms with E-state index in [1.165, 1.54) is 0 Å². The number of imidazole rings is 1. The summed E-state index contributed by atoms with van der Waals surface area (Å²) in [6.45, 7) is 0. The lowest BCUT2D eigenvalue weighted by molar-refractivity contribution is 0.601. The van der Waals surface area contributed by atoms with E-state index in [1.807, 2.05) is 0 Å². The monoisotopic (exact) mass is 269 g/mol. The van der Waals surface area contributed by atoms with E-state index in [2.05, 4.69) is 19.9 Å². The molecule has 1 aliphatic heterocycles. The van der Waals surface area contributed by atoms with E-state index in [0.29, 0.717) is 12.2 Å². The number of nitrogens with zero attached hydrogens (tertiary/aromatic N) is 2. The summed E-state index contributed by atoms with van der Waals surface area (Å²) in [5, 5.41) is 0. The number of hydrogen-bond donors (Lipinski definition) is 3. The minimum atomic E-state index is -2.99. The topological polar surface area (TPSA) is 135 Å². The van der Waals surface area contributed by atoms with Gasteiger partial charge in [-0.1, -0.05) is 0 Å². The van der Waals surface area contributed by atoms with Crippen molar-refractivity contribution in [2.24, 2.45) is 0 Å². The van der Waals surface area contributed by atoms with Gasteiger partial charge in [-0.15, -0.1) is 0 Å². The fraction of sp³-hybridized carbons (Fsp3) is 0.444. The van der Waals surface area contributed by atoms with Crippen molar-refractivity contribution in [3.63, 3.8) is 0 Å². The summed E-state index contributed by atoms with van der Waals surface area (Å²) >= 11 is 0. The lowest BCUT2D eigenvalue weighted by Gasteiger charge is -2.00. The molecule has 8 nitrogen and oxygen atoms in total. The molecule has 2 aromatic heterocycles. The Labute approximate surface area is 102 Å². The van der Waals surface area contributed by atoms with Crippen molar-refractivity contribution in [2.45, 2.75) is 12.3 Å². The number of hydrogen-bond acceptors (Lipinski definition) is 6. The Morgan fingerprint density at radius 2 is 2.06 bits per heavy atom. The molecule has 96 valence electrons. The van der Waals surface area contributed by atoms with E-state index in [4.69, 9.17) is 5.73 Å². The largest absolute Gasteiger partial charge is 0.369 e. The highest BCUT2D eigenvalue weighted by molar-refractivity contribution is 7.91. The minimum Gasteiger partial charge on any atom is -0.369 e. The summed E-state index contributed by atoms with van der Waals surface area (Å²) in [5.74, 6) is 0.477. The van der Waals surface area contributed by atoms with Gasteiger partial charge in [-0.25, -0.2) is 13.4 Å². The lowest BCUT2D eigenvalue weighted by Crippen LogP contribution is -2.11. The zero-order chi connectivity index (χ0) is 12.9. The van der Waals surface area contributed by atoms with E-state index in [9.17, 15) is 13.2 Å². The van der Waals surface area contributed by atoms with Crippen LogP contribution in [0.4, 0.5) is 5.95 Å². The Balaban J connectivity index is 2.10. The summed E-state index contributed by atoms with van der Waals surface area (Å²) in [5.41, 5.74) is 5.45. The van der Waals surface area contributed by atoms with Gasteiger partial charge in [-0.2, -0.15) is 4.98 Å². The van der Waals surface area contributed by atoms with E-state index in [-0.39, 0.29) is 34.5 Å². The van der Waals surface area contributed by atoms with Crippen molar-refractivity contribution < 1.29 is 8.42 Å². The normalized spacial score (nSPS) is 22.6. The zero-order valence-corrected chi connectivity index (χ0v) is 10.1. The van der Waals surface area contributed by atoms with Crippen molar-refractivity contribution in [1.29, 1.82) is 0 Å². The zero-order valence-electron chi connectivity index (χ0n) is 9.30. The summed E-state index contributed by atoms with van der Waals surface area (Å²) in [7, 11) is -2.99. The van der Waals surface area contributed by atoms with E-state index >= 15 is 0 Å². The third kappa shape index (κ3) is 1.76. The molecule has 4 N–H and O–H groups in total. The first-order chi connectivity index (χ1) is 8.44. The molecule has 1 fully saturated rings. The Morgan fingerprint density at radius 1 is 1.28 bits per heavy atom. The first-order valence-corrected chi connectivity index (χ1v) is 7.22. The van der Waals surface area contributed by atoms with Crippen LogP contribution in [0.2, 0.25) is 0 Å². The van der Waals surface area contributed by atoms with Gasteiger partial charge in [0.15, 0.2) is 21.0 Å². The number of anilines is 1. The summed E-state index contributed by atoms with van der Waals surface area (Å²) in [4.78, 5) is 24.8. The summed E-state index contributed by atoms with van der Waals surface area (Å²) in [6.07, 6.45) is 0.509. The van der Waals surface area contributed by atoms with Crippen LogP contribution in [-0.4, -0.2) is 39.9 Å². The average molecular weight is 269 g/mol. The third-order valence-electron chi connectivity index (χ3n) is 3.02. The van der Waals surface area contributed by atoms with Gasteiger partial charge < -0.3 is 10.7 Å². The summed E-state index contributed by atoms with van der Waals surface area (Å²) < 4.78 is 22.8. The smallest absolute Gasteiger partial charge is 0.278 e. The van der Waals surface area contributed by atoms with Crippen LogP contribution >= 0.6 is 0 Å². The van der Waals surface area contributed by atoms with Crippen LogP contribution < -0.4 is 11.3 Å². The maximum atomic E-state index is 11.6. The number of rotatable bonds is 1. The molecule has 0 amide bonds. The van der Waals surface area contributed by atoms with Crippen LogP contribution in [0.5, 0.6) is 0 Å². The molecule has 3 rings (SSSR count). The Kier molecular flexibility index (Phi) is 2.21. The highest BCUT2D eigenvalue weighted by Crippen LogP contribution is 2.27. The van der Waals surface area contributed by atoms with Crippen molar-refractivity contribution in [1.82, 2.24) is 19.9 Å². The predicted molar refractivity (Wildman–Crippen MR) is 64.9 cm³/mol. The standard InChI is InChI=1S/C9H11N5O3S/c10-9-13-7-5(8(15)14-9)11-6(12-7)4-1-2-18(16,17)3-4/h4H,1-3H2,(H4,10,11,12,13,14,15). The average Bonchev–Trinajstić information content (AvgIpc) is 2.81. The molecule has 0 saturated carbocycles. The Bertz CT molecular complexity index is 775. The van der Waals surface area contributed by atoms with Crippen molar-refractivity contribution in [3.8, 4) is 0 Å². The molecule has 1 unspecified atom stereocenters. The van der Waals surface area contributed by atoms with Crippen LogP contribution in [0, 0.1) is 0 Å².